The van der Waals surface area contributed by atoms with Gasteiger partial charge in [0.05, 0.1) is 34.5 Å². The van der Waals surface area contributed by atoms with Crippen LogP contribution in [0.25, 0.3) is 10.2 Å². The molecule has 2 heterocycles. The maximum atomic E-state index is 12.8. The number of nitrogens with zero attached hydrogens (tertiary/aromatic N) is 1. The molecule has 7 nitrogen and oxygen atoms in total. The zero-order valence-electron chi connectivity index (χ0n) is 14.5. The van der Waals surface area contributed by atoms with E-state index < -0.39 is 0 Å². The van der Waals surface area contributed by atoms with E-state index in [2.05, 4.69) is 26.2 Å². The lowest BCUT2D eigenvalue weighted by Crippen LogP contribution is -2.15. The second kappa shape index (κ2) is 7.24. The number of fused-ring (bicyclic) bond motifs is 2. The summed E-state index contributed by atoms with van der Waals surface area (Å²) in [6.07, 6.45) is 0. The van der Waals surface area contributed by atoms with Gasteiger partial charge in [0.2, 0.25) is 0 Å². The summed E-state index contributed by atoms with van der Waals surface area (Å²) in [5.74, 6) is 1.97. The molecule has 1 aliphatic rings. The molecule has 1 aliphatic heterocycles. The molecule has 0 atom stereocenters. The quantitative estimate of drug-likeness (QED) is 0.644. The molecule has 0 saturated carbocycles. The molecule has 3 aromatic rings. The predicted octanol–water partition coefficient (Wildman–Crippen LogP) is 4.10. The van der Waals surface area contributed by atoms with E-state index in [4.69, 9.17) is 18.9 Å². The zero-order chi connectivity index (χ0) is 19.0. The summed E-state index contributed by atoms with van der Waals surface area (Å²) in [5.41, 5.74) is 1.08. The Hall–Kier alpha value is -2.52. The van der Waals surface area contributed by atoms with E-state index in [1.54, 1.807) is 12.1 Å². The number of carbonyl (C=O) groups is 1. The van der Waals surface area contributed by atoms with Gasteiger partial charge in [-0.2, -0.15) is 0 Å². The van der Waals surface area contributed by atoms with E-state index >= 15 is 0 Å². The molecule has 0 spiro atoms. The highest BCUT2D eigenvalue weighted by molar-refractivity contribution is 9.10. The number of anilines is 1. The Balaban J connectivity index is 1.66. The van der Waals surface area contributed by atoms with Gasteiger partial charge in [-0.1, -0.05) is 11.3 Å². The summed E-state index contributed by atoms with van der Waals surface area (Å²) in [7, 11) is 3.04. The van der Waals surface area contributed by atoms with Crippen LogP contribution >= 0.6 is 27.3 Å². The molecule has 9 heteroatoms. The first-order chi connectivity index (χ1) is 13.1. The van der Waals surface area contributed by atoms with Crippen molar-refractivity contribution in [2.75, 3.05) is 32.8 Å². The summed E-state index contributed by atoms with van der Waals surface area (Å²) in [5, 5.41) is 3.29. The van der Waals surface area contributed by atoms with Crippen LogP contribution in [0.5, 0.6) is 23.0 Å². The van der Waals surface area contributed by atoms with E-state index in [-0.39, 0.29) is 5.91 Å². The molecule has 1 N–H and O–H groups in total. The first kappa shape index (κ1) is 17.9. The van der Waals surface area contributed by atoms with Crippen molar-refractivity contribution in [1.29, 1.82) is 0 Å². The van der Waals surface area contributed by atoms with Crippen molar-refractivity contribution < 1.29 is 23.7 Å². The third-order valence-corrected chi connectivity index (χ3v) is 5.50. The highest BCUT2D eigenvalue weighted by atomic mass is 79.9. The van der Waals surface area contributed by atoms with Gasteiger partial charge in [0, 0.05) is 12.1 Å². The van der Waals surface area contributed by atoms with Crippen molar-refractivity contribution in [2.24, 2.45) is 0 Å². The molecule has 0 radical (unpaired) electrons. The standard InChI is InChI=1S/C18H15BrN2O5S/c1-23-9-5-10(16(24-2)11(19)6-9)17(22)21-18-20-12-7-13-14(8-15(12)27-18)26-4-3-25-13/h5-8H,3-4H2,1-2H3,(H,20,21,22). The molecule has 27 heavy (non-hydrogen) atoms. The SMILES string of the molecule is COc1cc(Br)c(OC)c(C(=O)Nc2nc3cc4c(cc3s2)OCCO4)c1. The lowest BCUT2D eigenvalue weighted by Gasteiger charge is -2.17. The number of benzene rings is 2. The van der Waals surface area contributed by atoms with Gasteiger partial charge in [0.15, 0.2) is 16.6 Å². The number of amides is 1. The second-order valence-corrected chi connectivity index (χ2v) is 7.51. The Morgan fingerprint density at radius 2 is 1.89 bits per heavy atom. The number of ether oxygens (including phenoxy) is 4. The van der Waals surface area contributed by atoms with Gasteiger partial charge < -0.3 is 18.9 Å². The first-order valence-electron chi connectivity index (χ1n) is 8.02. The van der Waals surface area contributed by atoms with Crippen LogP contribution in [0.2, 0.25) is 0 Å². The number of aromatic nitrogens is 1. The summed E-state index contributed by atoms with van der Waals surface area (Å²) in [4.78, 5) is 17.3. The lowest BCUT2D eigenvalue weighted by molar-refractivity contribution is 0.102. The fourth-order valence-electron chi connectivity index (χ4n) is 2.75. The molecule has 0 unspecified atom stereocenters. The molecule has 4 rings (SSSR count). The van der Waals surface area contributed by atoms with Crippen LogP contribution in [-0.4, -0.2) is 38.3 Å². The number of methoxy groups -OCH3 is 2. The minimum atomic E-state index is -0.345. The average molecular weight is 451 g/mol. The largest absolute Gasteiger partial charge is 0.497 e. The third kappa shape index (κ3) is 3.40. The van der Waals surface area contributed by atoms with Gasteiger partial charge in [-0.05, 0) is 28.1 Å². The van der Waals surface area contributed by atoms with Gasteiger partial charge in [0.25, 0.3) is 5.91 Å². The molecule has 2 aromatic carbocycles. The topological polar surface area (TPSA) is 78.9 Å². The normalized spacial score (nSPS) is 12.7. The molecule has 0 fully saturated rings. The van der Waals surface area contributed by atoms with E-state index in [0.717, 1.165) is 10.2 Å². The summed E-state index contributed by atoms with van der Waals surface area (Å²) < 4.78 is 23.3. The Bertz CT molecular complexity index is 993. The van der Waals surface area contributed by atoms with Crippen LogP contribution < -0.4 is 24.3 Å². The molecular formula is C18H15BrN2O5S. The molecule has 0 saturated heterocycles. The highest BCUT2D eigenvalue weighted by Crippen LogP contribution is 2.38. The maximum Gasteiger partial charge on any atom is 0.261 e. The Labute approximate surface area is 167 Å². The Morgan fingerprint density at radius 1 is 1.15 bits per heavy atom. The number of rotatable bonds is 4. The third-order valence-electron chi connectivity index (χ3n) is 3.97. The van der Waals surface area contributed by atoms with Gasteiger partial charge in [-0.15, -0.1) is 0 Å². The van der Waals surface area contributed by atoms with E-state index in [0.29, 0.717) is 51.4 Å². The van der Waals surface area contributed by atoms with Gasteiger partial charge in [0.1, 0.15) is 24.7 Å². The van der Waals surface area contributed by atoms with Crippen molar-refractivity contribution in [1.82, 2.24) is 4.98 Å². The molecular weight excluding hydrogens is 436 g/mol. The summed E-state index contributed by atoms with van der Waals surface area (Å²) in [6, 6.07) is 7.04. The lowest BCUT2D eigenvalue weighted by atomic mass is 10.1. The van der Waals surface area contributed by atoms with Crippen LogP contribution in [0, 0.1) is 0 Å². The van der Waals surface area contributed by atoms with Crippen molar-refractivity contribution >= 4 is 48.5 Å². The fraction of sp³-hybridized carbons (Fsp3) is 0.222. The maximum absolute atomic E-state index is 12.8. The monoisotopic (exact) mass is 450 g/mol. The second-order valence-electron chi connectivity index (χ2n) is 5.63. The summed E-state index contributed by atoms with van der Waals surface area (Å²) in [6.45, 7) is 1.03. The van der Waals surface area contributed by atoms with Gasteiger partial charge >= 0.3 is 0 Å². The van der Waals surface area contributed by atoms with Crippen LogP contribution in [0.15, 0.2) is 28.7 Å². The van der Waals surface area contributed by atoms with E-state index in [1.165, 1.54) is 25.6 Å². The minimum Gasteiger partial charge on any atom is -0.497 e. The van der Waals surface area contributed by atoms with E-state index in [9.17, 15) is 4.79 Å². The number of carbonyl (C=O) groups excluding carboxylic acids is 1. The molecule has 0 bridgehead atoms. The smallest absolute Gasteiger partial charge is 0.261 e. The van der Waals surface area contributed by atoms with Crippen molar-refractivity contribution in [2.45, 2.75) is 0 Å². The van der Waals surface area contributed by atoms with Crippen LogP contribution in [-0.2, 0) is 0 Å². The van der Waals surface area contributed by atoms with Crippen LogP contribution in [0.3, 0.4) is 0 Å². The Morgan fingerprint density at radius 3 is 2.59 bits per heavy atom. The number of halogens is 1. The molecule has 1 amide bonds. The first-order valence-corrected chi connectivity index (χ1v) is 9.63. The van der Waals surface area contributed by atoms with Gasteiger partial charge in [-0.25, -0.2) is 4.98 Å². The molecule has 140 valence electrons. The predicted molar refractivity (Wildman–Crippen MR) is 106 cm³/mol. The highest BCUT2D eigenvalue weighted by Gasteiger charge is 2.20. The summed E-state index contributed by atoms with van der Waals surface area (Å²) >= 11 is 4.75. The average Bonchev–Trinajstić information content (AvgIpc) is 3.06. The number of hydrogen-bond donors (Lipinski definition) is 1. The number of nitrogens with one attached hydrogen (secondary N) is 1. The molecule has 1 aromatic heterocycles. The number of hydrogen-bond acceptors (Lipinski definition) is 7. The van der Waals surface area contributed by atoms with Crippen molar-refractivity contribution in [3.63, 3.8) is 0 Å². The van der Waals surface area contributed by atoms with Crippen molar-refractivity contribution in [3.8, 4) is 23.0 Å². The Kier molecular flexibility index (Phi) is 4.79. The fourth-order valence-corrected chi connectivity index (χ4v) is 4.22. The van der Waals surface area contributed by atoms with Gasteiger partial charge in [-0.3, -0.25) is 10.1 Å². The van der Waals surface area contributed by atoms with Crippen molar-refractivity contribution in [3.05, 3.63) is 34.3 Å². The van der Waals surface area contributed by atoms with Crippen LogP contribution in [0.1, 0.15) is 10.4 Å². The number of thiazole rings is 1. The molecule has 0 aliphatic carbocycles. The van der Waals surface area contributed by atoms with E-state index in [1.807, 2.05) is 12.1 Å². The minimum absolute atomic E-state index is 0.342. The zero-order valence-corrected chi connectivity index (χ0v) is 16.9. The van der Waals surface area contributed by atoms with Crippen LogP contribution in [0.4, 0.5) is 5.13 Å².